The minimum Gasteiger partial charge on any atom is -0.301 e. The number of benzene rings is 2. The molecule has 5 nitrogen and oxygen atoms in total. The summed E-state index contributed by atoms with van der Waals surface area (Å²) >= 11 is 6.23. The maximum Gasteiger partial charge on any atom is 0.277 e. The van der Waals surface area contributed by atoms with Gasteiger partial charge in [0.1, 0.15) is 0 Å². The van der Waals surface area contributed by atoms with Crippen molar-refractivity contribution in [3.05, 3.63) is 70.7 Å². The van der Waals surface area contributed by atoms with Crippen LogP contribution in [0, 0.1) is 0 Å². The zero-order valence-electron chi connectivity index (χ0n) is 13.7. The van der Waals surface area contributed by atoms with Crippen LogP contribution in [0.25, 0.3) is 0 Å². The highest BCUT2D eigenvalue weighted by molar-refractivity contribution is 7.87. The van der Waals surface area contributed by atoms with Crippen LogP contribution in [0.5, 0.6) is 0 Å². The molecule has 0 fully saturated rings. The van der Waals surface area contributed by atoms with Crippen LogP contribution in [0.3, 0.4) is 0 Å². The number of nitrogens with zero attached hydrogens (tertiary/aromatic N) is 1. The van der Waals surface area contributed by atoms with Gasteiger partial charge in [-0.1, -0.05) is 60.1 Å². The highest BCUT2D eigenvalue weighted by Gasteiger charge is 2.19. The molecule has 0 radical (unpaired) electrons. The second-order valence-corrected chi connectivity index (χ2v) is 7.65. The lowest BCUT2D eigenvalue weighted by Crippen LogP contribution is -2.40. The van der Waals surface area contributed by atoms with Crippen LogP contribution in [0.15, 0.2) is 54.6 Å². The monoisotopic (exact) mass is 367 g/mol. The molecule has 0 saturated carbocycles. The zero-order chi connectivity index (χ0) is 17.6. The Labute approximate surface area is 148 Å². The minimum atomic E-state index is -3.60. The number of hydrogen-bond donors (Lipinski definition) is 2. The zero-order valence-corrected chi connectivity index (χ0v) is 15.3. The lowest BCUT2D eigenvalue weighted by atomic mass is 10.1. The molecule has 7 heteroatoms. The molecule has 0 aliphatic rings. The van der Waals surface area contributed by atoms with E-state index in [1.54, 1.807) is 6.07 Å². The summed E-state index contributed by atoms with van der Waals surface area (Å²) < 4.78 is 29.5. The number of rotatable bonds is 8. The first-order valence-electron chi connectivity index (χ1n) is 7.58. The van der Waals surface area contributed by atoms with Crippen molar-refractivity contribution in [3.8, 4) is 0 Å². The SMILES string of the molecule is CN(C)C(CNS(=O)(=O)NCc1ccccc1)c1ccccc1Cl. The van der Waals surface area contributed by atoms with Crippen molar-refractivity contribution in [1.29, 1.82) is 0 Å². The fraction of sp³-hybridized carbons (Fsp3) is 0.294. The number of likely N-dealkylation sites (N-methyl/N-ethyl adjacent to an activating group) is 1. The first kappa shape index (κ1) is 18.9. The Morgan fingerprint density at radius 1 is 1.00 bits per heavy atom. The van der Waals surface area contributed by atoms with Crippen LogP contribution in [-0.4, -0.2) is 34.0 Å². The smallest absolute Gasteiger partial charge is 0.277 e. The quantitative estimate of drug-likeness (QED) is 0.753. The Morgan fingerprint density at radius 2 is 1.62 bits per heavy atom. The standard InChI is InChI=1S/C17H22ClN3O2S/c1-21(2)17(15-10-6-7-11-16(15)18)13-20-24(22,23)19-12-14-8-4-3-5-9-14/h3-11,17,19-20H,12-13H2,1-2H3. The van der Waals surface area contributed by atoms with Gasteiger partial charge in [0, 0.05) is 24.2 Å². The van der Waals surface area contributed by atoms with Gasteiger partial charge in [0.15, 0.2) is 0 Å². The molecule has 130 valence electrons. The summed E-state index contributed by atoms with van der Waals surface area (Å²) in [6.07, 6.45) is 0. The van der Waals surface area contributed by atoms with Crippen molar-refractivity contribution < 1.29 is 8.42 Å². The van der Waals surface area contributed by atoms with Gasteiger partial charge in [0.25, 0.3) is 10.2 Å². The van der Waals surface area contributed by atoms with Gasteiger partial charge in [-0.2, -0.15) is 13.1 Å². The second kappa shape index (κ2) is 8.60. The van der Waals surface area contributed by atoms with E-state index in [4.69, 9.17) is 11.6 Å². The highest BCUT2D eigenvalue weighted by atomic mass is 35.5. The molecule has 1 unspecified atom stereocenters. The predicted octanol–water partition coefficient (Wildman–Crippen LogP) is 2.57. The number of hydrogen-bond acceptors (Lipinski definition) is 3. The van der Waals surface area contributed by atoms with Gasteiger partial charge in [-0.3, -0.25) is 0 Å². The average Bonchev–Trinajstić information content (AvgIpc) is 2.55. The normalized spacial score (nSPS) is 13.2. The molecule has 2 rings (SSSR count). The van der Waals surface area contributed by atoms with Gasteiger partial charge in [-0.15, -0.1) is 0 Å². The van der Waals surface area contributed by atoms with Crippen LogP contribution in [0.4, 0.5) is 0 Å². The lowest BCUT2D eigenvalue weighted by molar-refractivity contribution is 0.299. The topological polar surface area (TPSA) is 61.4 Å². The molecule has 2 N–H and O–H groups in total. The van der Waals surface area contributed by atoms with E-state index in [-0.39, 0.29) is 19.1 Å². The maximum absolute atomic E-state index is 12.2. The molecular formula is C17H22ClN3O2S. The van der Waals surface area contributed by atoms with Crippen LogP contribution < -0.4 is 9.44 Å². The maximum atomic E-state index is 12.2. The van der Waals surface area contributed by atoms with Crippen molar-refractivity contribution in [2.75, 3.05) is 20.6 Å². The van der Waals surface area contributed by atoms with E-state index in [0.717, 1.165) is 11.1 Å². The van der Waals surface area contributed by atoms with Gasteiger partial charge in [0.2, 0.25) is 0 Å². The Balaban J connectivity index is 1.99. The molecule has 2 aromatic rings. The molecule has 0 aliphatic heterocycles. The minimum absolute atomic E-state index is 0.160. The average molecular weight is 368 g/mol. The van der Waals surface area contributed by atoms with E-state index in [2.05, 4.69) is 9.44 Å². The fourth-order valence-corrected chi connectivity index (χ4v) is 3.43. The van der Waals surface area contributed by atoms with Crippen LogP contribution in [-0.2, 0) is 16.8 Å². The molecule has 2 aromatic carbocycles. The van der Waals surface area contributed by atoms with Crippen LogP contribution in [0.1, 0.15) is 17.2 Å². The Bertz CT molecular complexity index is 751. The fourth-order valence-electron chi connectivity index (χ4n) is 2.33. The summed E-state index contributed by atoms with van der Waals surface area (Å²) in [5, 5.41) is 0.618. The van der Waals surface area contributed by atoms with Crippen molar-refractivity contribution in [1.82, 2.24) is 14.3 Å². The van der Waals surface area contributed by atoms with E-state index in [0.29, 0.717) is 5.02 Å². The first-order valence-corrected chi connectivity index (χ1v) is 9.44. The third kappa shape index (κ3) is 5.58. The van der Waals surface area contributed by atoms with E-state index in [1.807, 2.05) is 67.5 Å². The summed E-state index contributed by atoms with van der Waals surface area (Å²) in [6, 6.07) is 16.7. The summed E-state index contributed by atoms with van der Waals surface area (Å²) in [6.45, 7) is 0.468. The summed E-state index contributed by atoms with van der Waals surface area (Å²) in [5.41, 5.74) is 1.79. The Hall–Kier alpha value is -1.44. The van der Waals surface area contributed by atoms with Gasteiger partial charge in [-0.25, -0.2) is 4.72 Å². The number of halogens is 1. The second-order valence-electron chi connectivity index (χ2n) is 5.66. The van der Waals surface area contributed by atoms with Gasteiger partial charge in [0.05, 0.1) is 0 Å². The molecule has 1 atom stereocenters. The molecule has 0 aromatic heterocycles. The van der Waals surface area contributed by atoms with E-state index in [9.17, 15) is 8.42 Å². The predicted molar refractivity (Wildman–Crippen MR) is 98.1 cm³/mol. The molecule has 0 bridgehead atoms. The van der Waals surface area contributed by atoms with Gasteiger partial charge in [-0.05, 0) is 31.3 Å². The Kier molecular flexibility index (Phi) is 6.77. The highest BCUT2D eigenvalue weighted by Crippen LogP contribution is 2.25. The molecule has 0 aliphatic carbocycles. The van der Waals surface area contributed by atoms with Crippen molar-refractivity contribution in [2.24, 2.45) is 0 Å². The van der Waals surface area contributed by atoms with Gasteiger partial charge >= 0.3 is 0 Å². The van der Waals surface area contributed by atoms with Crippen molar-refractivity contribution >= 4 is 21.8 Å². The van der Waals surface area contributed by atoms with E-state index in [1.165, 1.54) is 0 Å². The largest absolute Gasteiger partial charge is 0.301 e. The molecule has 0 heterocycles. The Morgan fingerprint density at radius 3 is 2.25 bits per heavy atom. The van der Waals surface area contributed by atoms with Crippen molar-refractivity contribution in [3.63, 3.8) is 0 Å². The van der Waals surface area contributed by atoms with Crippen LogP contribution in [0.2, 0.25) is 5.02 Å². The lowest BCUT2D eigenvalue weighted by Gasteiger charge is -2.26. The summed E-state index contributed by atoms with van der Waals surface area (Å²) in [5.74, 6) is 0. The van der Waals surface area contributed by atoms with Crippen molar-refractivity contribution in [2.45, 2.75) is 12.6 Å². The third-order valence-electron chi connectivity index (χ3n) is 3.66. The van der Waals surface area contributed by atoms with Gasteiger partial charge < -0.3 is 4.90 Å². The van der Waals surface area contributed by atoms with E-state index >= 15 is 0 Å². The summed E-state index contributed by atoms with van der Waals surface area (Å²) in [7, 11) is 0.178. The molecule has 0 spiro atoms. The summed E-state index contributed by atoms with van der Waals surface area (Å²) in [4.78, 5) is 1.93. The molecule has 24 heavy (non-hydrogen) atoms. The first-order chi connectivity index (χ1) is 11.4. The third-order valence-corrected chi connectivity index (χ3v) is 5.08. The van der Waals surface area contributed by atoms with E-state index < -0.39 is 10.2 Å². The molecule has 0 amide bonds. The number of nitrogens with one attached hydrogen (secondary N) is 2. The molecule has 0 saturated heterocycles. The van der Waals surface area contributed by atoms with Crippen LogP contribution >= 0.6 is 11.6 Å². The molecular weight excluding hydrogens is 346 g/mol.